The van der Waals surface area contributed by atoms with Crippen molar-refractivity contribution in [3.05, 3.63) is 75.1 Å². The maximum atomic E-state index is 11.9. The summed E-state index contributed by atoms with van der Waals surface area (Å²) in [5, 5.41) is 4.54. The van der Waals surface area contributed by atoms with E-state index >= 15 is 0 Å². The Morgan fingerprint density at radius 2 is 1.92 bits per heavy atom. The molecule has 1 aromatic heterocycles. The van der Waals surface area contributed by atoms with Gasteiger partial charge in [0, 0.05) is 46.2 Å². The molecule has 0 radical (unpaired) electrons. The van der Waals surface area contributed by atoms with Gasteiger partial charge in [-0.2, -0.15) is 0 Å². The summed E-state index contributed by atoms with van der Waals surface area (Å²) < 4.78 is 5.30. The molecule has 4 nitrogen and oxygen atoms in total. The van der Waals surface area contributed by atoms with Crippen molar-refractivity contribution in [1.29, 1.82) is 0 Å². The molecule has 1 unspecified atom stereocenters. The molecule has 0 saturated carbocycles. The third-order valence-corrected chi connectivity index (χ3v) is 5.48. The molecule has 3 aromatic rings. The van der Waals surface area contributed by atoms with Gasteiger partial charge in [-0.05, 0) is 42.3 Å². The van der Waals surface area contributed by atoms with Gasteiger partial charge in [-0.1, -0.05) is 23.7 Å². The predicted molar refractivity (Wildman–Crippen MR) is 108 cm³/mol. The van der Waals surface area contributed by atoms with Crippen molar-refractivity contribution < 1.29 is 9.21 Å². The number of fused-ring (bicyclic) bond motifs is 1. The number of carbonyl (C=O) groups excluding carboxylic acids is 1. The van der Waals surface area contributed by atoms with Gasteiger partial charge in [-0.15, -0.1) is 11.8 Å². The Bertz CT molecular complexity index is 998. The lowest BCUT2D eigenvalue weighted by molar-refractivity contribution is -0.114. The van der Waals surface area contributed by atoms with Crippen LogP contribution in [-0.4, -0.2) is 5.91 Å². The minimum absolute atomic E-state index is 0.171. The molecule has 0 fully saturated rings. The highest BCUT2D eigenvalue weighted by atomic mass is 35.5. The van der Waals surface area contributed by atoms with Crippen molar-refractivity contribution in [2.24, 2.45) is 0 Å². The van der Waals surface area contributed by atoms with Gasteiger partial charge < -0.3 is 9.73 Å². The zero-order valence-electron chi connectivity index (χ0n) is 14.4. The molecule has 26 heavy (non-hydrogen) atoms. The second kappa shape index (κ2) is 7.98. The summed E-state index contributed by atoms with van der Waals surface area (Å²) in [6.07, 6.45) is 0. The number of amides is 1. The molecule has 0 aliphatic carbocycles. The zero-order valence-corrected chi connectivity index (χ0v) is 16.0. The van der Waals surface area contributed by atoms with E-state index < -0.39 is 5.63 Å². The molecule has 1 N–H and O–H groups in total. The minimum Gasteiger partial charge on any atom is -0.423 e. The Balaban J connectivity index is 1.83. The van der Waals surface area contributed by atoms with Crippen LogP contribution in [-0.2, 0) is 10.5 Å². The monoisotopic (exact) mass is 387 g/mol. The Kier molecular flexibility index (Phi) is 5.69. The van der Waals surface area contributed by atoms with Crippen LogP contribution in [0.5, 0.6) is 0 Å². The molecule has 1 amide bonds. The van der Waals surface area contributed by atoms with Crippen LogP contribution in [0.15, 0.2) is 57.7 Å². The molecule has 0 saturated heterocycles. The largest absolute Gasteiger partial charge is 0.423 e. The first-order valence-corrected chi connectivity index (χ1v) is 9.56. The molecular formula is C20H18ClNO3S. The highest BCUT2D eigenvalue weighted by Crippen LogP contribution is 2.33. The van der Waals surface area contributed by atoms with E-state index in [4.69, 9.17) is 16.0 Å². The van der Waals surface area contributed by atoms with E-state index in [9.17, 15) is 9.59 Å². The second-order valence-corrected chi connectivity index (χ2v) is 7.75. The van der Waals surface area contributed by atoms with Gasteiger partial charge in [0.15, 0.2) is 0 Å². The van der Waals surface area contributed by atoms with Gasteiger partial charge in [0.05, 0.1) is 0 Å². The van der Waals surface area contributed by atoms with Crippen LogP contribution in [0.3, 0.4) is 0 Å². The molecule has 0 aliphatic rings. The summed E-state index contributed by atoms with van der Waals surface area (Å²) >= 11 is 7.67. The standard InChI is InChI=1S/C20H18ClNO3S/c1-12(14-3-5-16(21)6-4-14)26-11-15-9-20(24)25-19-10-17(22-13(2)23)7-8-18(15)19/h3-10,12H,11H2,1-2H3,(H,22,23). The smallest absolute Gasteiger partial charge is 0.336 e. The fourth-order valence-corrected chi connectivity index (χ4v) is 3.82. The summed E-state index contributed by atoms with van der Waals surface area (Å²) in [6.45, 7) is 3.56. The highest BCUT2D eigenvalue weighted by molar-refractivity contribution is 7.98. The number of hydrogen-bond donors (Lipinski definition) is 1. The molecular weight excluding hydrogens is 370 g/mol. The van der Waals surface area contributed by atoms with Gasteiger partial charge >= 0.3 is 5.63 Å². The Morgan fingerprint density at radius 1 is 1.19 bits per heavy atom. The number of anilines is 1. The topological polar surface area (TPSA) is 59.3 Å². The Morgan fingerprint density at radius 3 is 2.62 bits per heavy atom. The van der Waals surface area contributed by atoms with Crippen LogP contribution < -0.4 is 10.9 Å². The summed E-state index contributed by atoms with van der Waals surface area (Å²) in [7, 11) is 0. The van der Waals surface area contributed by atoms with Crippen molar-refractivity contribution in [3.8, 4) is 0 Å². The first kappa shape index (κ1) is 18.5. The van der Waals surface area contributed by atoms with Crippen molar-refractivity contribution in [2.45, 2.75) is 24.9 Å². The summed E-state index contributed by atoms with van der Waals surface area (Å²) in [5.41, 5.74) is 2.77. The third-order valence-electron chi connectivity index (χ3n) is 3.98. The molecule has 1 heterocycles. The molecule has 2 aromatic carbocycles. The maximum absolute atomic E-state index is 11.9. The Hall–Kier alpha value is -2.24. The number of thioether (sulfide) groups is 1. The van der Waals surface area contributed by atoms with E-state index in [2.05, 4.69) is 12.2 Å². The van der Waals surface area contributed by atoms with Crippen LogP contribution in [0.2, 0.25) is 5.02 Å². The van der Waals surface area contributed by atoms with Crippen LogP contribution in [0.1, 0.15) is 30.2 Å². The highest BCUT2D eigenvalue weighted by Gasteiger charge is 2.11. The van der Waals surface area contributed by atoms with Crippen molar-refractivity contribution >= 4 is 45.9 Å². The number of carbonyl (C=O) groups is 1. The molecule has 1 atom stereocenters. The fourth-order valence-electron chi connectivity index (χ4n) is 2.68. The summed E-state index contributed by atoms with van der Waals surface area (Å²) in [4.78, 5) is 23.1. The third kappa shape index (κ3) is 4.48. The molecule has 0 spiro atoms. The van der Waals surface area contributed by atoms with Crippen LogP contribution in [0.4, 0.5) is 5.69 Å². The molecule has 3 rings (SSSR count). The van der Waals surface area contributed by atoms with Gasteiger partial charge in [0.25, 0.3) is 0 Å². The quantitative estimate of drug-likeness (QED) is 0.595. The number of halogens is 1. The maximum Gasteiger partial charge on any atom is 0.336 e. The Labute approximate surface area is 160 Å². The second-order valence-electron chi connectivity index (χ2n) is 5.99. The van der Waals surface area contributed by atoms with Crippen LogP contribution >= 0.6 is 23.4 Å². The number of hydrogen-bond acceptors (Lipinski definition) is 4. The van der Waals surface area contributed by atoms with Crippen molar-refractivity contribution in [3.63, 3.8) is 0 Å². The first-order chi connectivity index (χ1) is 12.4. The normalized spacial score (nSPS) is 12.1. The lowest BCUT2D eigenvalue weighted by atomic mass is 10.1. The lowest BCUT2D eigenvalue weighted by Gasteiger charge is -2.13. The van der Waals surface area contributed by atoms with Crippen LogP contribution in [0.25, 0.3) is 11.0 Å². The van der Waals surface area contributed by atoms with E-state index in [1.54, 1.807) is 23.9 Å². The van der Waals surface area contributed by atoms with Gasteiger partial charge in [-0.3, -0.25) is 4.79 Å². The van der Waals surface area contributed by atoms with Crippen molar-refractivity contribution in [1.82, 2.24) is 0 Å². The number of benzene rings is 2. The van der Waals surface area contributed by atoms with Gasteiger partial charge in [-0.25, -0.2) is 4.79 Å². The lowest BCUT2D eigenvalue weighted by Crippen LogP contribution is -2.06. The SMILES string of the molecule is CC(=O)Nc1ccc2c(CSC(C)c3ccc(Cl)cc3)cc(=O)oc2c1. The number of nitrogens with one attached hydrogen (secondary N) is 1. The van der Waals surface area contributed by atoms with E-state index in [-0.39, 0.29) is 11.2 Å². The average molecular weight is 388 g/mol. The first-order valence-electron chi connectivity index (χ1n) is 8.14. The zero-order chi connectivity index (χ0) is 18.7. The summed E-state index contributed by atoms with van der Waals surface area (Å²) in [6, 6.07) is 14.7. The van der Waals surface area contributed by atoms with Crippen molar-refractivity contribution in [2.75, 3.05) is 5.32 Å². The predicted octanol–water partition coefficient (Wildman–Crippen LogP) is 5.40. The van der Waals surface area contributed by atoms with E-state index in [1.807, 2.05) is 30.3 Å². The van der Waals surface area contributed by atoms with Gasteiger partial charge in [0.1, 0.15) is 5.58 Å². The number of rotatable bonds is 5. The fraction of sp³-hybridized carbons (Fsp3) is 0.200. The minimum atomic E-state index is -0.396. The molecule has 134 valence electrons. The molecule has 0 bridgehead atoms. The van der Waals surface area contributed by atoms with E-state index in [0.29, 0.717) is 22.0 Å². The van der Waals surface area contributed by atoms with Crippen LogP contribution in [0, 0.1) is 0 Å². The molecule has 0 aliphatic heterocycles. The van der Waals surface area contributed by atoms with E-state index in [1.165, 1.54) is 18.6 Å². The van der Waals surface area contributed by atoms with Gasteiger partial charge in [0.2, 0.25) is 5.91 Å². The summed E-state index contributed by atoms with van der Waals surface area (Å²) in [5.74, 6) is 0.501. The van der Waals surface area contributed by atoms with E-state index in [0.717, 1.165) is 10.9 Å². The average Bonchev–Trinajstić information content (AvgIpc) is 2.59. The molecule has 6 heteroatoms.